The Morgan fingerprint density at radius 2 is 1.44 bits per heavy atom. The van der Waals surface area contributed by atoms with Crippen LogP contribution in [0.4, 0.5) is 17.6 Å². The molecule has 0 aliphatic carbocycles. The van der Waals surface area contributed by atoms with Crippen molar-refractivity contribution in [3.63, 3.8) is 0 Å². The Bertz CT molecular complexity index is 99.2. The highest BCUT2D eigenvalue weighted by Gasteiger charge is 2.55. The van der Waals surface area contributed by atoms with Crippen LogP contribution in [0.3, 0.4) is 0 Å². The minimum absolute atomic E-state index is 0.620. The van der Waals surface area contributed by atoms with Crippen molar-refractivity contribution in [1.29, 1.82) is 0 Å². The van der Waals surface area contributed by atoms with Gasteiger partial charge in [-0.3, -0.25) is 0 Å². The van der Waals surface area contributed by atoms with Crippen LogP contribution in [0.25, 0.3) is 0 Å². The summed E-state index contributed by atoms with van der Waals surface area (Å²) in [5.41, 5.74) is 0. The first-order chi connectivity index (χ1) is 3.81. The molecule has 0 amide bonds. The SMILES string of the molecule is FC(F)(F)C(F)(Cl)SCl. The van der Waals surface area contributed by atoms with Crippen molar-refractivity contribution in [2.45, 2.75) is 10.6 Å². The van der Waals surface area contributed by atoms with E-state index in [9.17, 15) is 17.6 Å². The quantitative estimate of drug-likeness (QED) is 0.465. The Kier molecular flexibility index (Phi) is 2.91. The second-order valence-electron chi connectivity index (χ2n) is 1.09. The van der Waals surface area contributed by atoms with Crippen molar-refractivity contribution in [2.24, 2.45) is 0 Å². The number of halogens is 6. The summed E-state index contributed by atoms with van der Waals surface area (Å²) in [4.78, 5) is 0. The summed E-state index contributed by atoms with van der Waals surface area (Å²) in [7, 11) is 3.85. The number of hydrogen-bond acceptors (Lipinski definition) is 1. The molecule has 0 saturated carbocycles. The predicted molar refractivity (Wildman–Crippen MR) is 29.2 cm³/mol. The molecule has 0 radical (unpaired) electrons. The van der Waals surface area contributed by atoms with Gasteiger partial charge in [-0.25, -0.2) is 4.39 Å². The first kappa shape index (κ1) is 9.65. The molecular formula is C2Cl2F4S. The molecule has 0 heterocycles. The van der Waals surface area contributed by atoms with Crippen LogP contribution in [0.5, 0.6) is 0 Å². The highest BCUT2D eigenvalue weighted by atomic mass is 35.7. The zero-order valence-corrected chi connectivity index (χ0v) is 6.00. The van der Waals surface area contributed by atoms with Gasteiger partial charge in [0.2, 0.25) is 0 Å². The summed E-state index contributed by atoms with van der Waals surface area (Å²) in [6, 6.07) is 0. The molecule has 0 aromatic rings. The van der Waals surface area contributed by atoms with E-state index in [-0.39, 0.29) is 0 Å². The van der Waals surface area contributed by atoms with Crippen molar-refractivity contribution >= 4 is 33.3 Å². The molecule has 1 atom stereocenters. The van der Waals surface area contributed by atoms with Crippen LogP contribution in [0.15, 0.2) is 0 Å². The normalized spacial score (nSPS) is 19.3. The number of alkyl halides is 5. The highest BCUT2D eigenvalue weighted by Crippen LogP contribution is 2.47. The first-order valence-corrected chi connectivity index (χ1v) is 3.57. The maximum Gasteiger partial charge on any atom is 0.448 e. The van der Waals surface area contributed by atoms with Gasteiger partial charge in [0, 0.05) is 11.0 Å². The molecule has 0 aromatic carbocycles. The zero-order chi connectivity index (χ0) is 7.71. The lowest BCUT2D eigenvalue weighted by Crippen LogP contribution is -2.30. The Morgan fingerprint density at radius 3 is 1.44 bits per heavy atom. The van der Waals surface area contributed by atoms with Crippen LogP contribution < -0.4 is 0 Å². The van der Waals surface area contributed by atoms with Gasteiger partial charge in [-0.1, -0.05) is 11.6 Å². The van der Waals surface area contributed by atoms with E-state index >= 15 is 0 Å². The zero-order valence-electron chi connectivity index (χ0n) is 3.68. The minimum Gasteiger partial charge on any atom is -0.202 e. The Balaban J connectivity index is 4.14. The van der Waals surface area contributed by atoms with Gasteiger partial charge in [-0.05, 0) is 10.7 Å². The molecule has 7 heteroatoms. The summed E-state index contributed by atoms with van der Waals surface area (Å²) in [5, 5.41) is 0. The fourth-order valence-electron chi connectivity index (χ4n) is 0.0437. The van der Waals surface area contributed by atoms with Crippen LogP contribution in [0.2, 0.25) is 0 Å². The van der Waals surface area contributed by atoms with Crippen LogP contribution in [-0.2, 0) is 0 Å². The lowest BCUT2D eigenvalue weighted by atomic mass is 10.7. The van der Waals surface area contributed by atoms with E-state index in [0.29, 0.717) is 0 Å². The van der Waals surface area contributed by atoms with Crippen molar-refractivity contribution in [2.75, 3.05) is 0 Å². The molecule has 0 aliphatic heterocycles. The van der Waals surface area contributed by atoms with E-state index in [2.05, 4.69) is 22.3 Å². The molecule has 0 N–H and O–H groups in total. The van der Waals surface area contributed by atoms with E-state index in [4.69, 9.17) is 0 Å². The van der Waals surface area contributed by atoms with Gasteiger partial charge in [0.05, 0.1) is 0 Å². The van der Waals surface area contributed by atoms with Crippen molar-refractivity contribution in [3.8, 4) is 0 Å². The maximum absolute atomic E-state index is 11.8. The lowest BCUT2D eigenvalue weighted by molar-refractivity contribution is -0.167. The third-order valence-corrected chi connectivity index (χ3v) is 2.17. The van der Waals surface area contributed by atoms with E-state index in [0.717, 1.165) is 0 Å². The molecule has 1 unspecified atom stereocenters. The summed E-state index contributed by atoms with van der Waals surface area (Å²) < 4.78 is 41.6. The first-order valence-electron chi connectivity index (χ1n) is 1.55. The van der Waals surface area contributed by atoms with Gasteiger partial charge in [0.1, 0.15) is 0 Å². The summed E-state index contributed by atoms with van der Waals surface area (Å²) in [5.74, 6) is 0. The third-order valence-electron chi connectivity index (χ3n) is 0.427. The molecular weight excluding hydrogens is 203 g/mol. The molecule has 9 heavy (non-hydrogen) atoms. The summed E-state index contributed by atoms with van der Waals surface area (Å²) in [6.45, 7) is 0. The van der Waals surface area contributed by atoms with Gasteiger partial charge in [-0.2, -0.15) is 13.2 Å². The maximum atomic E-state index is 11.8. The monoisotopic (exact) mass is 202 g/mol. The van der Waals surface area contributed by atoms with Gasteiger partial charge in [-0.15, -0.1) is 0 Å². The Labute approximate surface area is 62.0 Å². The molecule has 0 rings (SSSR count). The lowest BCUT2D eigenvalue weighted by Gasteiger charge is -2.15. The van der Waals surface area contributed by atoms with Crippen LogP contribution in [0.1, 0.15) is 0 Å². The van der Waals surface area contributed by atoms with E-state index in [1.807, 2.05) is 0 Å². The molecule has 0 nitrogen and oxygen atoms in total. The average molecular weight is 203 g/mol. The fraction of sp³-hybridized carbons (Fsp3) is 1.00. The molecule has 56 valence electrons. The third kappa shape index (κ3) is 2.39. The van der Waals surface area contributed by atoms with Crippen LogP contribution in [0, 0.1) is 0 Å². The van der Waals surface area contributed by atoms with E-state index < -0.39 is 21.6 Å². The van der Waals surface area contributed by atoms with Crippen LogP contribution in [-0.4, -0.2) is 10.6 Å². The average Bonchev–Trinajstić information content (AvgIpc) is 1.64. The van der Waals surface area contributed by atoms with Crippen molar-refractivity contribution in [3.05, 3.63) is 0 Å². The van der Waals surface area contributed by atoms with Crippen molar-refractivity contribution < 1.29 is 17.6 Å². The number of hydrogen-bond donors (Lipinski definition) is 0. The van der Waals surface area contributed by atoms with Gasteiger partial charge < -0.3 is 0 Å². The standard InChI is InChI=1S/C2Cl2F4S/c3-1(5,9-4)2(6,7)8. The van der Waals surface area contributed by atoms with E-state index in [1.165, 1.54) is 0 Å². The van der Waals surface area contributed by atoms with Gasteiger partial charge in [0.25, 0.3) is 0 Å². The number of rotatable bonds is 1. The minimum atomic E-state index is -5.12. The second-order valence-corrected chi connectivity index (χ2v) is 3.02. The Hall–Kier alpha value is 0.650. The second kappa shape index (κ2) is 2.72. The van der Waals surface area contributed by atoms with E-state index in [1.54, 1.807) is 0 Å². The predicted octanol–water partition coefficient (Wildman–Crippen LogP) is 3.30. The highest BCUT2D eigenvalue weighted by molar-refractivity contribution is 8.22. The molecule has 0 saturated heterocycles. The fourth-order valence-corrected chi connectivity index (χ4v) is 0.394. The van der Waals surface area contributed by atoms with Crippen molar-refractivity contribution in [1.82, 2.24) is 0 Å². The molecule has 0 aliphatic rings. The summed E-state index contributed by atoms with van der Waals surface area (Å²) in [6.07, 6.45) is -5.12. The summed E-state index contributed by atoms with van der Waals surface area (Å²) >= 11 is 4.24. The topological polar surface area (TPSA) is 0 Å². The molecule has 0 spiro atoms. The molecule has 0 fully saturated rings. The van der Waals surface area contributed by atoms with Crippen LogP contribution >= 0.6 is 33.3 Å². The largest absolute Gasteiger partial charge is 0.448 e. The van der Waals surface area contributed by atoms with Gasteiger partial charge >= 0.3 is 10.6 Å². The Morgan fingerprint density at radius 1 is 1.11 bits per heavy atom. The molecule has 0 bridgehead atoms. The smallest absolute Gasteiger partial charge is 0.202 e. The molecule has 0 aromatic heterocycles. The van der Waals surface area contributed by atoms with Gasteiger partial charge in [0.15, 0.2) is 0 Å².